The second-order valence-corrected chi connectivity index (χ2v) is 7.10. The number of aryl methyl sites for hydroxylation is 1. The number of anilines is 1. The molecule has 1 N–H and O–H groups in total. The number of halogens is 1. The molecular formula is C17H18FNO4S. The maximum Gasteiger partial charge on any atom is 0.262 e. The number of sulfonamides is 1. The molecule has 24 heavy (non-hydrogen) atoms. The topological polar surface area (TPSA) is 64.6 Å². The fourth-order valence-corrected chi connectivity index (χ4v) is 3.58. The van der Waals surface area contributed by atoms with Crippen molar-refractivity contribution in [2.24, 2.45) is 0 Å². The molecule has 0 saturated heterocycles. The van der Waals surface area contributed by atoms with Crippen molar-refractivity contribution in [1.29, 1.82) is 0 Å². The van der Waals surface area contributed by atoms with E-state index in [1.54, 1.807) is 6.07 Å². The molecule has 0 aromatic heterocycles. The maximum atomic E-state index is 13.3. The summed E-state index contributed by atoms with van der Waals surface area (Å²) in [6.07, 6.45) is 1.25. The van der Waals surface area contributed by atoms with Crippen LogP contribution in [-0.4, -0.2) is 21.6 Å². The summed E-state index contributed by atoms with van der Waals surface area (Å²) in [6, 6.07) is 8.47. The Morgan fingerprint density at radius 3 is 2.58 bits per heavy atom. The summed E-state index contributed by atoms with van der Waals surface area (Å²) in [5.41, 5.74) is 0.957. The number of rotatable bonds is 4. The van der Waals surface area contributed by atoms with Crippen LogP contribution in [0.4, 0.5) is 10.1 Å². The Balaban J connectivity index is 1.92. The molecule has 1 aliphatic rings. The third kappa shape index (κ3) is 3.46. The van der Waals surface area contributed by atoms with E-state index in [4.69, 9.17) is 9.47 Å². The fourth-order valence-electron chi connectivity index (χ4n) is 2.47. The lowest BCUT2D eigenvalue weighted by Gasteiger charge is -2.13. The van der Waals surface area contributed by atoms with E-state index in [1.165, 1.54) is 30.3 Å². The van der Waals surface area contributed by atoms with Gasteiger partial charge in [0.25, 0.3) is 10.0 Å². The van der Waals surface area contributed by atoms with Crippen molar-refractivity contribution >= 4 is 15.7 Å². The Labute approximate surface area is 140 Å². The number of fused-ring (bicyclic) bond motifs is 1. The molecule has 2 aromatic rings. The molecule has 1 heterocycles. The Morgan fingerprint density at radius 1 is 1.08 bits per heavy atom. The lowest BCUT2D eigenvalue weighted by molar-refractivity contribution is 0.297. The molecule has 1 aliphatic heterocycles. The zero-order valence-corrected chi connectivity index (χ0v) is 14.0. The molecule has 3 rings (SSSR count). The number of ether oxygens (including phenoxy) is 2. The van der Waals surface area contributed by atoms with Crippen LogP contribution < -0.4 is 14.2 Å². The Kier molecular flexibility index (Phi) is 4.62. The molecule has 0 bridgehead atoms. The van der Waals surface area contributed by atoms with Gasteiger partial charge in [-0.25, -0.2) is 12.8 Å². The van der Waals surface area contributed by atoms with Gasteiger partial charge in [0.1, 0.15) is 5.82 Å². The summed E-state index contributed by atoms with van der Waals surface area (Å²) in [5.74, 6) is 0.540. The van der Waals surface area contributed by atoms with Crippen LogP contribution >= 0.6 is 0 Å². The van der Waals surface area contributed by atoms with Crippen molar-refractivity contribution < 1.29 is 22.3 Å². The van der Waals surface area contributed by atoms with Gasteiger partial charge in [-0.1, -0.05) is 6.92 Å². The van der Waals surface area contributed by atoms with Gasteiger partial charge >= 0.3 is 0 Å². The minimum absolute atomic E-state index is 0.0677. The van der Waals surface area contributed by atoms with Crippen molar-refractivity contribution in [3.05, 3.63) is 47.8 Å². The molecule has 5 nitrogen and oxygen atoms in total. The van der Waals surface area contributed by atoms with Crippen LogP contribution in [0, 0.1) is 5.82 Å². The first-order valence-electron chi connectivity index (χ1n) is 7.70. The highest BCUT2D eigenvalue weighted by Gasteiger charge is 2.20. The van der Waals surface area contributed by atoms with Crippen molar-refractivity contribution in [3.63, 3.8) is 0 Å². The van der Waals surface area contributed by atoms with Gasteiger partial charge in [0.05, 0.1) is 23.8 Å². The molecule has 0 aliphatic carbocycles. The lowest BCUT2D eigenvalue weighted by atomic mass is 10.1. The van der Waals surface area contributed by atoms with Crippen molar-refractivity contribution in [1.82, 2.24) is 0 Å². The molecule has 0 amide bonds. The molecule has 0 saturated carbocycles. The fraction of sp³-hybridized carbons (Fsp3) is 0.294. The van der Waals surface area contributed by atoms with E-state index in [0.29, 0.717) is 42.4 Å². The van der Waals surface area contributed by atoms with E-state index in [2.05, 4.69) is 4.72 Å². The van der Waals surface area contributed by atoms with Crippen LogP contribution in [0.2, 0.25) is 0 Å². The highest BCUT2D eigenvalue weighted by atomic mass is 32.2. The third-order valence-corrected chi connectivity index (χ3v) is 5.08. The quantitative estimate of drug-likeness (QED) is 0.917. The number of nitrogens with one attached hydrogen (secondary N) is 1. The maximum absolute atomic E-state index is 13.3. The van der Waals surface area contributed by atoms with Gasteiger partial charge in [-0.2, -0.15) is 0 Å². The standard InChI is InChI=1S/C17H18FNO4S/c1-2-12-10-13(18)4-6-15(12)19-24(20,21)14-5-7-16-17(11-14)23-9-3-8-22-16/h4-7,10-11,19H,2-3,8-9H2,1H3. The Bertz CT molecular complexity index is 852. The first-order chi connectivity index (χ1) is 11.5. The number of benzene rings is 2. The zero-order chi connectivity index (χ0) is 17.2. The summed E-state index contributed by atoms with van der Waals surface area (Å²) in [5, 5.41) is 0. The smallest absolute Gasteiger partial charge is 0.262 e. The molecule has 7 heteroatoms. The normalized spacial score (nSPS) is 14.1. The molecule has 0 fully saturated rings. The molecule has 0 radical (unpaired) electrons. The Hall–Kier alpha value is -2.28. The molecule has 2 aromatic carbocycles. The van der Waals surface area contributed by atoms with Crippen LogP contribution in [0.15, 0.2) is 41.3 Å². The highest BCUT2D eigenvalue weighted by molar-refractivity contribution is 7.92. The van der Waals surface area contributed by atoms with Crippen LogP contribution in [0.3, 0.4) is 0 Å². The highest BCUT2D eigenvalue weighted by Crippen LogP contribution is 2.32. The summed E-state index contributed by atoms with van der Waals surface area (Å²) in [4.78, 5) is 0.0677. The van der Waals surface area contributed by atoms with Crippen molar-refractivity contribution in [3.8, 4) is 11.5 Å². The minimum atomic E-state index is -3.81. The molecular weight excluding hydrogens is 333 g/mol. The Morgan fingerprint density at radius 2 is 1.83 bits per heavy atom. The van der Waals surface area contributed by atoms with E-state index in [9.17, 15) is 12.8 Å². The van der Waals surface area contributed by atoms with Gasteiger partial charge < -0.3 is 9.47 Å². The number of hydrogen-bond donors (Lipinski definition) is 1. The predicted molar refractivity (Wildman–Crippen MR) is 88.6 cm³/mol. The SMILES string of the molecule is CCc1cc(F)ccc1NS(=O)(=O)c1ccc2c(c1)OCCCO2. The zero-order valence-electron chi connectivity index (χ0n) is 13.2. The van der Waals surface area contributed by atoms with Crippen LogP contribution in [-0.2, 0) is 16.4 Å². The average molecular weight is 351 g/mol. The lowest BCUT2D eigenvalue weighted by Crippen LogP contribution is -2.14. The van der Waals surface area contributed by atoms with Crippen LogP contribution in [0.1, 0.15) is 18.9 Å². The first-order valence-corrected chi connectivity index (χ1v) is 9.19. The van der Waals surface area contributed by atoms with Gasteiger partial charge in [-0.15, -0.1) is 0 Å². The summed E-state index contributed by atoms with van der Waals surface area (Å²) < 4.78 is 52.1. The molecule has 0 unspecified atom stereocenters. The van der Waals surface area contributed by atoms with Crippen LogP contribution in [0.25, 0.3) is 0 Å². The largest absolute Gasteiger partial charge is 0.490 e. The molecule has 128 valence electrons. The average Bonchev–Trinajstić information content (AvgIpc) is 2.81. The van der Waals surface area contributed by atoms with Gasteiger partial charge in [0, 0.05) is 12.5 Å². The van der Waals surface area contributed by atoms with Gasteiger partial charge in [-0.05, 0) is 42.3 Å². The summed E-state index contributed by atoms with van der Waals surface area (Å²) in [6.45, 7) is 2.84. The summed E-state index contributed by atoms with van der Waals surface area (Å²) in [7, 11) is -3.81. The monoisotopic (exact) mass is 351 g/mol. The van der Waals surface area contributed by atoms with E-state index in [1.807, 2.05) is 6.92 Å². The first kappa shape index (κ1) is 16.6. The van der Waals surface area contributed by atoms with Crippen molar-refractivity contribution in [2.75, 3.05) is 17.9 Å². The van der Waals surface area contributed by atoms with Crippen LogP contribution in [0.5, 0.6) is 11.5 Å². The van der Waals surface area contributed by atoms with Gasteiger partial charge in [0.15, 0.2) is 11.5 Å². The second kappa shape index (κ2) is 6.68. The second-order valence-electron chi connectivity index (χ2n) is 5.42. The third-order valence-electron chi connectivity index (χ3n) is 3.72. The number of hydrogen-bond acceptors (Lipinski definition) is 4. The molecule has 0 atom stereocenters. The van der Waals surface area contributed by atoms with Crippen molar-refractivity contribution in [2.45, 2.75) is 24.7 Å². The minimum Gasteiger partial charge on any atom is -0.490 e. The van der Waals surface area contributed by atoms with E-state index >= 15 is 0 Å². The van der Waals surface area contributed by atoms with E-state index in [0.717, 1.165) is 6.42 Å². The summed E-state index contributed by atoms with van der Waals surface area (Å²) >= 11 is 0. The van der Waals surface area contributed by atoms with E-state index < -0.39 is 15.8 Å². The molecule has 0 spiro atoms. The van der Waals surface area contributed by atoms with Gasteiger partial charge in [-0.3, -0.25) is 4.72 Å². The van der Waals surface area contributed by atoms with Gasteiger partial charge in [0.2, 0.25) is 0 Å². The predicted octanol–water partition coefficient (Wildman–Crippen LogP) is 3.35. The van der Waals surface area contributed by atoms with E-state index in [-0.39, 0.29) is 4.90 Å².